The summed E-state index contributed by atoms with van der Waals surface area (Å²) in [7, 11) is -3.49. The maximum Gasteiger partial charge on any atom is 0.244 e. The molecule has 1 aliphatic rings. The highest BCUT2D eigenvalue weighted by Crippen LogP contribution is 2.22. The maximum atomic E-state index is 12.1. The number of nitrogens with one attached hydrogen (secondary N) is 3. The van der Waals surface area contributed by atoms with Crippen molar-refractivity contribution in [3.63, 3.8) is 0 Å². The summed E-state index contributed by atoms with van der Waals surface area (Å²) in [5.74, 6) is -0.769. The van der Waals surface area contributed by atoms with Crippen molar-refractivity contribution >= 4 is 49.5 Å². The molecule has 2 aromatic carbocycles. The van der Waals surface area contributed by atoms with E-state index in [-0.39, 0.29) is 23.4 Å². The molecule has 152 valence electrons. The van der Waals surface area contributed by atoms with Gasteiger partial charge in [0.15, 0.2) is 0 Å². The Hall–Kier alpha value is -2.49. The molecule has 0 aromatic heterocycles. The van der Waals surface area contributed by atoms with Crippen molar-refractivity contribution in [2.75, 3.05) is 11.9 Å². The minimum atomic E-state index is -3.49. The largest absolute Gasteiger partial charge is 0.343 e. The second-order valence-corrected chi connectivity index (χ2v) is 9.20. The molecule has 0 unspecified atom stereocenters. The van der Waals surface area contributed by atoms with Crippen LogP contribution in [0.1, 0.15) is 18.4 Å². The smallest absolute Gasteiger partial charge is 0.244 e. The molecule has 0 saturated heterocycles. The van der Waals surface area contributed by atoms with Crippen LogP contribution < -0.4 is 15.4 Å². The van der Waals surface area contributed by atoms with Gasteiger partial charge in [0.25, 0.3) is 0 Å². The van der Waals surface area contributed by atoms with E-state index in [1.165, 1.54) is 18.2 Å². The number of halogens is 1. The van der Waals surface area contributed by atoms with Crippen LogP contribution in [0.2, 0.25) is 0 Å². The van der Waals surface area contributed by atoms with Gasteiger partial charge in [0, 0.05) is 22.3 Å². The van der Waals surface area contributed by atoms with Crippen LogP contribution in [0.3, 0.4) is 0 Å². The minimum absolute atomic E-state index is 0.0456. The molecule has 3 rings (SSSR count). The van der Waals surface area contributed by atoms with Gasteiger partial charge in [-0.2, -0.15) is 0 Å². The molecular formula is C20H20BrN3O4S. The highest BCUT2D eigenvalue weighted by atomic mass is 79.9. The van der Waals surface area contributed by atoms with Gasteiger partial charge in [-0.1, -0.05) is 28.1 Å². The Bertz CT molecular complexity index is 1010. The van der Waals surface area contributed by atoms with Crippen molar-refractivity contribution in [2.45, 2.75) is 23.8 Å². The predicted molar refractivity (Wildman–Crippen MR) is 115 cm³/mol. The summed E-state index contributed by atoms with van der Waals surface area (Å²) in [5.41, 5.74) is 1.30. The molecule has 3 N–H and O–H groups in total. The van der Waals surface area contributed by atoms with Gasteiger partial charge in [-0.3, -0.25) is 9.59 Å². The zero-order valence-corrected chi connectivity index (χ0v) is 17.8. The summed E-state index contributed by atoms with van der Waals surface area (Å²) in [6, 6.07) is 13.4. The molecule has 0 spiro atoms. The number of benzene rings is 2. The zero-order valence-electron chi connectivity index (χ0n) is 15.4. The Labute approximate surface area is 177 Å². The van der Waals surface area contributed by atoms with Gasteiger partial charge >= 0.3 is 0 Å². The van der Waals surface area contributed by atoms with Gasteiger partial charge in [0.2, 0.25) is 21.8 Å². The van der Waals surface area contributed by atoms with E-state index in [2.05, 4.69) is 31.3 Å². The second-order valence-electron chi connectivity index (χ2n) is 6.57. The third-order valence-electron chi connectivity index (χ3n) is 4.07. The normalized spacial score (nSPS) is 14.0. The molecule has 29 heavy (non-hydrogen) atoms. The number of rotatable bonds is 8. The lowest BCUT2D eigenvalue weighted by Gasteiger charge is -2.06. The lowest BCUT2D eigenvalue weighted by molar-refractivity contribution is -0.121. The third-order valence-corrected chi connectivity index (χ3v) is 6.13. The van der Waals surface area contributed by atoms with Gasteiger partial charge < -0.3 is 10.6 Å². The predicted octanol–water partition coefficient (Wildman–Crippen LogP) is 2.66. The molecule has 1 saturated carbocycles. The van der Waals surface area contributed by atoms with Crippen LogP contribution in [0.15, 0.2) is 64.0 Å². The van der Waals surface area contributed by atoms with Gasteiger partial charge in [-0.25, -0.2) is 13.1 Å². The molecule has 0 aliphatic heterocycles. The van der Waals surface area contributed by atoms with Gasteiger partial charge in [-0.15, -0.1) is 0 Å². The molecule has 7 nitrogen and oxygen atoms in total. The van der Waals surface area contributed by atoms with E-state index in [1.807, 2.05) is 0 Å². The SMILES string of the molecule is O=C(C=Cc1ccc(S(=O)(=O)NC2CC2)cc1)NCC(=O)Nc1ccc(Br)cc1. The van der Waals surface area contributed by atoms with Crippen molar-refractivity contribution in [1.82, 2.24) is 10.0 Å². The van der Waals surface area contributed by atoms with Crippen molar-refractivity contribution in [1.29, 1.82) is 0 Å². The lowest BCUT2D eigenvalue weighted by Crippen LogP contribution is -2.31. The number of sulfonamides is 1. The Balaban J connectivity index is 1.47. The molecule has 1 aliphatic carbocycles. The summed E-state index contributed by atoms with van der Waals surface area (Å²) in [4.78, 5) is 23.9. The number of carbonyl (C=O) groups excluding carboxylic acids is 2. The summed E-state index contributed by atoms with van der Waals surface area (Å²) >= 11 is 3.31. The van der Waals surface area contributed by atoms with Crippen LogP contribution >= 0.6 is 15.9 Å². The van der Waals surface area contributed by atoms with E-state index in [0.29, 0.717) is 11.3 Å². The topological polar surface area (TPSA) is 104 Å². The monoisotopic (exact) mass is 477 g/mol. The van der Waals surface area contributed by atoms with Crippen LogP contribution in [0.5, 0.6) is 0 Å². The van der Waals surface area contributed by atoms with Crippen molar-refractivity contribution in [3.05, 3.63) is 64.6 Å². The first-order valence-electron chi connectivity index (χ1n) is 8.95. The Morgan fingerprint density at radius 2 is 1.69 bits per heavy atom. The van der Waals surface area contributed by atoms with Gasteiger partial charge in [-0.05, 0) is 60.9 Å². The molecule has 2 aromatic rings. The molecule has 0 radical (unpaired) electrons. The van der Waals surface area contributed by atoms with Gasteiger partial charge in [0.1, 0.15) is 0 Å². The highest BCUT2D eigenvalue weighted by Gasteiger charge is 2.27. The van der Waals surface area contributed by atoms with Gasteiger partial charge in [0.05, 0.1) is 11.4 Å². The maximum absolute atomic E-state index is 12.1. The summed E-state index contributed by atoms with van der Waals surface area (Å²) in [5, 5.41) is 5.17. The molecular weight excluding hydrogens is 458 g/mol. The number of anilines is 1. The van der Waals surface area contributed by atoms with E-state index < -0.39 is 15.9 Å². The average molecular weight is 478 g/mol. The van der Waals surface area contributed by atoms with Crippen LogP contribution in [0.25, 0.3) is 6.08 Å². The van der Waals surface area contributed by atoms with Crippen molar-refractivity contribution in [3.8, 4) is 0 Å². The van der Waals surface area contributed by atoms with Crippen molar-refractivity contribution in [2.24, 2.45) is 0 Å². The lowest BCUT2D eigenvalue weighted by atomic mass is 10.2. The molecule has 1 fully saturated rings. The fourth-order valence-electron chi connectivity index (χ4n) is 2.38. The fraction of sp³-hybridized carbons (Fsp3) is 0.200. The molecule has 0 bridgehead atoms. The summed E-state index contributed by atoms with van der Waals surface area (Å²) in [6.45, 7) is -0.163. The first-order chi connectivity index (χ1) is 13.8. The quantitative estimate of drug-likeness (QED) is 0.508. The molecule has 9 heteroatoms. The van der Waals surface area contributed by atoms with E-state index in [9.17, 15) is 18.0 Å². The van der Waals surface area contributed by atoms with E-state index in [1.54, 1.807) is 42.5 Å². The van der Waals surface area contributed by atoms with E-state index in [0.717, 1.165) is 17.3 Å². The second kappa shape index (κ2) is 9.34. The molecule has 2 amide bonds. The van der Waals surface area contributed by atoms with Crippen LogP contribution in [-0.2, 0) is 19.6 Å². The summed E-state index contributed by atoms with van der Waals surface area (Å²) in [6.07, 6.45) is 4.58. The average Bonchev–Trinajstić information content (AvgIpc) is 3.50. The van der Waals surface area contributed by atoms with Crippen LogP contribution in [0.4, 0.5) is 5.69 Å². The number of amides is 2. The first kappa shape index (κ1) is 21.2. The molecule has 0 atom stereocenters. The van der Waals surface area contributed by atoms with Crippen molar-refractivity contribution < 1.29 is 18.0 Å². The Kier molecular flexibility index (Phi) is 6.83. The molecule has 0 heterocycles. The Morgan fingerprint density at radius 3 is 2.31 bits per heavy atom. The Morgan fingerprint density at radius 1 is 1.03 bits per heavy atom. The fourth-order valence-corrected chi connectivity index (χ4v) is 3.95. The van der Waals surface area contributed by atoms with Crippen LogP contribution in [0, 0.1) is 0 Å². The number of carbonyl (C=O) groups is 2. The highest BCUT2D eigenvalue weighted by molar-refractivity contribution is 9.10. The zero-order chi connectivity index (χ0) is 20.9. The minimum Gasteiger partial charge on any atom is -0.343 e. The third kappa shape index (κ3) is 6.81. The van der Waals surface area contributed by atoms with E-state index in [4.69, 9.17) is 0 Å². The number of hydrogen-bond acceptors (Lipinski definition) is 4. The van der Waals surface area contributed by atoms with E-state index >= 15 is 0 Å². The van der Waals surface area contributed by atoms with Crippen LogP contribution in [-0.4, -0.2) is 32.8 Å². The number of hydrogen-bond donors (Lipinski definition) is 3. The standard InChI is InChI=1S/C20H20BrN3O4S/c21-15-4-6-16(7-5-15)23-20(26)13-22-19(25)12-3-14-1-10-18(11-2-14)29(27,28)24-17-8-9-17/h1-7,10-12,17,24H,8-9,13H2,(H,22,25)(H,23,26). The summed E-state index contributed by atoms with van der Waals surface area (Å²) < 4.78 is 27.8. The first-order valence-corrected chi connectivity index (χ1v) is 11.2.